The van der Waals surface area contributed by atoms with Gasteiger partial charge in [-0.3, -0.25) is 0 Å². The van der Waals surface area contributed by atoms with Crippen LogP contribution >= 0.6 is 0 Å². The van der Waals surface area contributed by atoms with Gasteiger partial charge < -0.3 is 9.64 Å². The first-order chi connectivity index (χ1) is 9.54. The average molecular weight is 281 g/mol. The van der Waals surface area contributed by atoms with Gasteiger partial charge in [-0.25, -0.2) is 13.6 Å². The summed E-state index contributed by atoms with van der Waals surface area (Å²) in [6.45, 7) is 0. The molecule has 0 amide bonds. The third-order valence-corrected chi connectivity index (χ3v) is 4.48. The van der Waals surface area contributed by atoms with Gasteiger partial charge in [0, 0.05) is 24.9 Å². The number of carbonyl (C=O) groups is 1. The molecule has 2 fully saturated rings. The average Bonchev–Trinajstić information content (AvgIpc) is 2.64. The second kappa shape index (κ2) is 5.13. The van der Waals surface area contributed by atoms with Crippen LogP contribution in [-0.2, 0) is 4.74 Å². The molecule has 0 radical (unpaired) electrons. The molecule has 2 unspecified atom stereocenters. The summed E-state index contributed by atoms with van der Waals surface area (Å²) in [7, 11) is 2.09. The number of esters is 1. The molecule has 2 aliphatic heterocycles. The van der Waals surface area contributed by atoms with E-state index in [9.17, 15) is 13.6 Å². The van der Waals surface area contributed by atoms with Crippen LogP contribution < -0.4 is 0 Å². The van der Waals surface area contributed by atoms with E-state index in [1.807, 2.05) is 0 Å². The summed E-state index contributed by atoms with van der Waals surface area (Å²) in [5, 5.41) is 0. The van der Waals surface area contributed by atoms with Gasteiger partial charge in [0.25, 0.3) is 0 Å². The van der Waals surface area contributed by atoms with Crippen LogP contribution in [-0.4, -0.2) is 36.1 Å². The van der Waals surface area contributed by atoms with Gasteiger partial charge in [-0.1, -0.05) is 0 Å². The SMILES string of the molecule is CN1C2CCC1CC(OC(=O)c1cc(F)ccc1F)C2. The zero-order valence-corrected chi connectivity index (χ0v) is 11.3. The Morgan fingerprint density at radius 3 is 2.55 bits per heavy atom. The van der Waals surface area contributed by atoms with Crippen LogP contribution in [0.1, 0.15) is 36.0 Å². The molecule has 2 saturated heterocycles. The zero-order chi connectivity index (χ0) is 14.3. The molecule has 2 aliphatic rings. The van der Waals surface area contributed by atoms with Gasteiger partial charge in [0.15, 0.2) is 0 Å². The molecule has 1 aromatic carbocycles. The summed E-state index contributed by atoms with van der Waals surface area (Å²) in [6, 6.07) is 3.70. The molecule has 3 nitrogen and oxygen atoms in total. The van der Waals surface area contributed by atoms with Crippen LogP contribution in [0.15, 0.2) is 18.2 Å². The fourth-order valence-corrected chi connectivity index (χ4v) is 3.33. The van der Waals surface area contributed by atoms with E-state index in [4.69, 9.17) is 4.74 Å². The van der Waals surface area contributed by atoms with E-state index in [0.717, 1.165) is 43.9 Å². The fourth-order valence-electron chi connectivity index (χ4n) is 3.33. The van der Waals surface area contributed by atoms with Gasteiger partial charge in [0.2, 0.25) is 0 Å². The van der Waals surface area contributed by atoms with Crippen molar-refractivity contribution in [2.45, 2.75) is 43.9 Å². The van der Waals surface area contributed by atoms with E-state index in [1.54, 1.807) is 0 Å². The number of rotatable bonds is 2. The topological polar surface area (TPSA) is 29.5 Å². The van der Waals surface area contributed by atoms with Crippen molar-refractivity contribution < 1.29 is 18.3 Å². The van der Waals surface area contributed by atoms with Gasteiger partial charge in [0.1, 0.15) is 17.7 Å². The number of hydrogen-bond acceptors (Lipinski definition) is 3. The first-order valence-electron chi connectivity index (χ1n) is 6.92. The molecule has 0 N–H and O–H groups in total. The Kier molecular flexibility index (Phi) is 3.46. The van der Waals surface area contributed by atoms with E-state index in [2.05, 4.69) is 11.9 Å². The third-order valence-electron chi connectivity index (χ3n) is 4.48. The smallest absolute Gasteiger partial charge is 0.341 e. The Balaban J connectivity index is 1.69. The molecule has 3 rings (SSSR count). The van der Waals surface area contributed by atoms with E-state index in [-0.39, 0.29) is 11.7 Å². The van der Waals surface area contributed by atoms with Crippen molar-refractivity contribution in [3.05, 3.63) is 35.4 Å². The maximum Gasteiger partial charge on any atom is 0.341 e. The monoisotopic (exact) mass is 281 g/mol. The lowest BCUT2D eigenvalue weighted by atomic mass is 10.0. The Labute approximate surface area is 116 Å². The highest BCUT2D eigenvalue weighted by atomic mass is 19.1. The lowest BCUT2D eigenvalue weighted by Crippen LogP contribution is -2.43. The number of hydrogen-bond donors (Lipinski definition) is 0. The molecule has 5 heteroatoms. The van der Waals surface area contributed by atoms with Crippen LogP contribution in [0.5, 0.6) is 0 Å². The van der Waals surface area contributed by atoms with E-state index in [0.29, 0.717) is 12.1 Å². The number of carbonyl (C=O) groups excluding carboxylic acids is 1. The third kappa shape index (κ3) is 2.42. The van der Waals surface area contributed by atoms with Crippen molar-refractivity contribution in [3.63, 3.8) is 0 Å². The van der Waals surface area contributed by atoms with E-state index < -0.39 is 17.6 Å². The minimum Gasteiger partial charge on any atom is -0.459 e. The molecular weight excluding hydrogens is 264 g/mol. The zero-order valence-electron chi connectivity index (χ0n) is 11.3. The van der Waals surface area contributed by atoms with Crippen molar-refractivity contribution in [1.82, 2.24) is 4.90 Å². The van der Waals surface area contributed by atoms with Crippen molar-refractivity contribution in [2.24, 2.45) is 0 Å². The van der Waals surface area contributed by atoms with Crippen molar-refractivity contribution >= 4 is 5.97 Å². The second-order valence-corrected chi connectivity index (χ2v) is 5.67. The molecule has 2 bridgehead atoms. The highest BCUT2D eigenvalue weighted by molar-refractivity contribution is 5.89. The van der Waals surface area contributed by atoms with Gasteiger partial charge in [-0.05, 0) is 38.1 Å². The molecule has 20 heavy (non-hydrogen) atoms. The number of piperidine rings is 1. The maximum absolute atomic E-state index is 13.5. The quantitative estimate of drug-likeness (QED) is 0.781. The fraction of sp³-hybridized carbons (Fsp3) is 0.533. The number of benzene rings is 1. The summed E-state index contributed by atoms with van der Waals surface area (Å²) in [4.78, 5) is 14.3. The van der Waals surface area contributed by atoms with E-state index >= 15 is 0 Å². The lowest BCUT2D eigenvalue weighted by molar-refractivity contribution is -0.000878. The molecule has 0 aromatic heterocycles. The van der Waals surface area contributed by atoms with Crippen LogP contribution in [0.25, 0.3) is 0 Å². The lowest BCUT2D eigenvalue weighted by Gasteiger charge is -2.35. The Morgan fingerprint density at radius 1 is 1.25 bits per heavy atom. The number of nitrogens with zero attached hydrogens (tertiary/aromatic N) is 1. The summed E-state index contributed by atoms with van der Waals surface area (Å²) in [5.74, 6) is -2.15. The van der Waals surface area contributed by atoms with Crippen LogP contribution in [0.2, 0.25) is 0 Å². The molecule has 108 valence electrons. The molecular formula is C15H17F2NO2. The second-order valence-electron chi connectivity index (χ2n) is 5.67. The number of fused-ring (bicyclic) bond motifs is 2. The minimum atomic E-state index is -0.768. The largest absolute Gasteiger partial charge is 0.459 e. The molecule has 1 aromatic rings. The highest BCUT2D eigenvalue weighted by Gasteiger charge is 2.40. The first-order valence-corrected chi connectivity index (χ1v) is 6.92. The first kappa shape index (κ1) is 13.5. The van der Waals surface area contributed by atoms with Crippen molar-refractivity contribution in [3.8, 4) is 0 Å². The summed E-state index contributed by atoms with van der Waals surface area (Å²) < 4.78 is 32.0. The van der Waals surface area contributed by atoms with Crippen LogP contribution in [0, 0.1) is 11.6 Å². The molecule has 0 spiro atoms. The van der Waals surface area contributed by atoms with Crippen molar-refractivity contribution in [1.29, 1.82) is 0 Å². The number of halogens is 2. The van der Waals surface area contributed by atoms with Crippen LogP contribution in [0.4, 0.5) is 8.78 Å². The van der Waals surface area contributed by atoms with Gasteiger partial charge in [0.05, 0.1) is 5.56 Å². The minimum absolute atomic E-state index is 0.195. The van der Waals surface area contributed by atoms with Crippen LogP contribution in [0.3, 0.4) is 0 Å². The standard InChI is InChI=1S/C15H17F2NO2/c1-18-10-3-4-11(18)8-12(7-10)20-15(19)13-6-9(16)2-5-14(13)17/h2,5-6,10-12H,3-4,7-8H2,1H3. The van der Waals surface area contributed by atoms with Crippen molar-refractivity contribution in [2.75, 3.05) is 7.05 Å². The predicted molar refractivity (Wildman–Crippen MR) is 69.4 cm³/mol. The number of ether oxygens (including phenoxy) is 1. The normalized spacial score (nSPS) is 29.4. The summed E-state index contributed by atoms with van der Waals surface area (Å²) in [6.07, 6.45) is 3.58. The molecule has 0 saturated carbocycles. The van der Waals surface area contributed by atoms with E-state index in [1.165, 1.54) is 0 Å². The summed E-state index contributed by atoms with van der Waals surface area (Å²) >= 11 is 0. The summed E-state index contributed by atoms with van der Waals surface area (Å²) in [5.41, 5.74) is -0.323. The highest BCUT2D eigenvalue weighted by Crippen LogP contribution is 2.35. The molecule has 0 aliphatic carbocycles. The van der Waals surface area contributed by atoms with Gasteiger partial charge in [-0.15, -0.1) is 0 Å². The maximum atomic E-state index is 13.5. The van der Waals surface area contributed by atoms with Gasteiger partial charge >= 0.3 is 5.97 Å². The Bertz CT molecular complexity index is 521. The Hall–Kier alpha value is -1.49. The predicted octanol–water partition coefficient (Wildman–Crippen LogP) is 2.75. The molecule has 2 atom stereocenters. The Morgan fingerprint density at radius 2 is 1.90 bits per heavy atom. The van der Waals surface area contributed by atoms with Gasteiger partial charge in [-0.2, -0.15) is 0 Å². The molecule has 2 heterocycles.